The molecule has 0 aliphatic carbocycles. The summed E-state index contributed by atoms with van der Waals surface area (Å²) >= 11 is 6.07. The number of nitrogens with one attached hydrogen (secondary N) is 2. The third kappa shape index (κ3) is 4.65. The molecular weight excluding hydrogens is 346 g/mol. The van der Waals surface area contributed by atoms with Gasteiger partial charge < -0.3 is 10.6 Å². The van der Waals surface area contributed by atoms with Crippen LogP contribution < -0.4 is 10.6 Å². The zero-order chi connectivity index (χ0) is 19.3. The molecule has 0 fully saturated rings. The van der Waals surface area contributed by atoms with Gasteiger partial charge in [-0.15, -0.1) is 0 Å². The molecule has 0 radical (unpaired) electrons. The number of amides is 1. The Labute approximate surface area is 159 Å². The van der Waals surface area contributed by atoms with E-state index in [1.54, 1.807) is 12.1 Å². The van der Waals surface area contributed by atoms with Crippen molar-refractivity contribution in [1.82, 2.24) is 0 Å². The van der Waals surface area contributed by atoms with E-state index < -0.39 is 5.91 Å². The Morgan fingerprint density at radius 2 is 1.92 bits per heavy atom. The highest BCUT2D eigenvalue weighted by Crippen LogP contribution is 2.27. The Hall–Kier alpha value is -2.77. The normalized spacial score (nSPS) is 11.2. The SMILES string of the molecule is Cc1ccc(NC(=O)/C(C#N)=C\Nc2c(C)cccc2C(C)C)cc1Cl. The molecule has 26 heavy (non-hydrogen) atoms. The fourth-order valence-corrected chi connectivity index (χ4v) is 2.71. The maximum absolute atomic E-state index is 12.4. The third-order valence-corrected chi connectivity index (χ3v) is 4.49. The molecule has 0 aliphatic heterocycles. The minimum atomic E-state index is -0.486. The highest BCUT2D eigenvalue weighted by molar-refractivity contribution is 6.31. The molecule has 0 saturated heterocycles. The van der Waals surface area contributed by atoms with Gasteiger partial charge >= 0.3 is 0 Å². The second-order valence-electron chi connectivity index (χ2n) is 6.43. The Bertz CT molecular complexity index is 895. The van der Waals surface area contributed by atoms with Gasteiger partial charge in [0.25, 0.3) is 5.91 Å². The first-order chi connectivity index (χ1) is 12.3. The first-order valence-corrected chi connectivity index (χ1v) is 8.75. The molecule has 2 aromatic carbocycles. The molecule has 0 atom stereocenters. The van der Waals surface area contributed by atoms with Gasteiger partial charge in [0.2, 0.25) is 0 Å². The summed E-state index contributed by atoms with van der Waals surface area (Å²) in [6.07, 6.45) is 1.44. The number of hydrogen-bond acceptors (Lipinski definition) is 3. The quantitative estimate of drug-likeness (QED) is 0.538. The summed E-state index contributed by atoms with van der Waals surface area (Å²) in [4.78, 5) is 12.4. The maximum atomic E-state index is 12.4. The third-order valence-electron chi connectivity index (χ3n) is 4.08. The topological polar surface area (TPSA) is 64.9 Å². The smallest absolute Gasteiger partial charge is 0.267 e. The largest absolute Gasteiger partial charge is 0.360 e. The van der Waals surface area contributed by atoms with E-state index in [0.717, 1.165) is 22.4 Å². The van der Waals surface area contributed by atoms with Gasteiger partial charge in [-0.05, 0) is 48.6 Å². The molecule has 0 aliphatic rings. The van der Waals surface area contributed by atoms with E-state index in [0.29, 0.717) is 16.6 Å². The minimum absolute atomic E-state index is 0.0142. The second kappa shape index (κ2) is 8.55. The van der Waals surface area contributed by atoms with Gasteiger partial charge in [-0.25, -0.2) is 0 Å². The number of para-hydroxylation sites is 1. The van der Waals surface area contributed by atoms with Crippen molar-refractivity contribution in [3.05, 3.63) is 69.9 Å². The van der Waals surface area contributed by atoms with Gasteiger partial charge in [-0.1, -0.05) is 49.7 Å². The van der Waals surface area contributed by atoms with Gasteiger partial charge in [0.05, 0.1) is 0 Å². The lowest BCUT2D eigenvalue weighted by Gasteiger charge is -2.15. The zero-order valence-corrected chi connectivity index (χ0v) is 16.1. The molecule has 0 heterocycles. The fraction of sp³-hybridized carbons (Fsp3) is 0.238. The lowest BCUT2D eigenvalue weighted by Crippen LogP contribution is -2.15. The van der Waals surface area contributed by atoms with Crippen LogP contribution >= 0.6 is 11.6 Å². The van der Waals surface area contributed by atoms with Crippen molar-refractivity contribution < 1.29 is 4.79 Å². The summed E-state index contributed by atoms with van der Waals surface area (Å²) in [5.74, 6) is -0.167. The summed E-state index contributed by atoms with van der Waals surface area (Å²) in [7, 11) is 0. The summed E-state index contributed by atoms with van der Waals surface area (Å²) in [5, 5.41) is 15.7. The molecule has 4 nitrogen and oxygen atoms in total. The number of rotatable bonds is 5. The van der Waals surface area contributed by atoms with E-state index in [2.05, 4.69) is 24.5 Å². The van der Waals surface area contributed by atoms with E-state index in [1.165, 1.54) is 6.20 Å². The average molecular weight is 368 g/mol. The van der Waals surface area contributed by atoms with Gasteiger partial charge in [0.1, 0.15) is 11.6 Å². The van der Waals surface area contributed by atoms with Crippen LogP contribution in [0.5, 0.6) is 0 Å². The van der Waals surface area contributed by atoms with Gasteiger partial charge in [-0.2, -0.15) is 5.26 Å². The summed E-state index contributed by atoms with van der Waals surface area (Å²) in [6, 6.07) is 13.2. The van der Waals surface area contributed by atoms with Crippen molar-refractivity contribution in [2.45, 2.75) is 33.6 Å². The number of carbonyl (C=O) groups is 1. The zero-order valence-electron chi connectivity index (χ0n) is 15.4. The van der Waals surface area contributed by atoms with Crippen LogP contribution in [0.15, 0.2) is 48.2 Å². The molecule has 0 unspecified atom stereocenters. The number of nitrogens with zero attached hydrogens (tertiary/aromatic N) is 1. The van der Waals surface area contributed by atoms with Crippen LogP contribution in [0.2, 0.25) is 5.02 Å². The van der Waals surface area contributed by atoms with Crippen LogP contribution in [0.1, 0.15) is 36.5 Å². The molecule has 2 N–H and O–H groups in total. The van der Waals surface area contributed by atoms with Crippen LogP contribution in [0.25, 0.3) is 0 Å². The van der Waals surface area contributed by atoms with Crippen molar-refractivity contribution in [1.29, 1.82) is 5.26 Å². The minimum Gasteiger partial charge on any atom is -0.360 e. The monoisotopic (exact) mass is 367 g/mol. The number of hydrogen-bond donors (Lipinski definition) is 2. The van der Waals surface area contributed by atoms with Gasteiger partial charge in [0.15, 0.2) is 0 Å². The molecule has 5 heteroatoms. The van der Waals surface area contributed by atoms with Crippen molar-refractivity contribution >= 4 is 28.9 Å². The summed E-state index contributed by atoms with van der Waals surface area (Å²) < 4.78 is 0. The first-order valence-electron chi connectivity index (χ1n) is 8.37. The van der Waals surface area contributed by atoms with Crippen molar-refractivity contribution in [3.8, 4) is 6.07 Å². The maximum Gasteiger partial charge on any atom is 0.267 e. The number of carbonyl (C=O) groups excluding carboxylic acids is 1. The van der Waals surface area contributed by atoms with Crippen LogP contribution in [-0.2, 0) is 4.79 Å². The Morgan fingerprint density at radius 1 is 1.19 bits per heavy atom. The lowest BCUT2D eigenvalue weighted by atomic mass is 9.98. The number of benzene rings is 2. The predicted octanol–water partition coefficient (Wildman–Crippen LogP) is 5.54. The molecule has 0 saturated carbocycles. The molecule has 0 aromatic heterocycles. The van der Waals surface area contributed by atoms with Crippen molar-refractivity contribution in [3.63, 3.8) is 0 Å². The predicted molar refractivity (Wildman–Crippen MR) is 107 cm³/mol. The first kappa shape index (κ1) is 19.6. The van der Waals surface area contributed by atoms with Crippen molar-refractivity contribution in [2.75, 3.05) is 10.6 Å². The van der Waals surface area contributed by atoms with E-state index >= 15 is 0 Å². The fourth-order valence-electron chi connectivity index (χ4n) is 2.53. The van der Waals surface area contributed by atoms with Crippen LogP contribution in [-0.4, -0.2) is 5.91 Å². The number of aryl methyl sites for hydroxylation is 2. The Balaban J connectivity index is 2.22. The van der Waals surface area contributed by atoms with E-state index in [-0.39, 0.29) is 5.57 Å². The molecule has 0 spiro atoms. The van der Waals surface area contributed by atoms with Crippen LogP contribution in [0.3, 0.4) is 0 Å². The van der Waals surface area contributed by atoms with Crippen LogP contribution in [0.4, 0.5) is 11.4 Å². The molecule has 134 valence electrons. The highest BCUT2D eigenvalue weighted by Gasteiger charge is 2.12. The summed E-state index contributed by atoms with van der Waals surface area (Å²) in [6.45, 7) is 8.07. The molecule has 0 bridgehead atoms. The average Bonchev–Trinajstić information content (AvgIpc) is 2.59. The molecule has 2 rings (SSSR count). The van der Waals surface area contributed by atoms with E-state index in [1.807, 2.05) is 44.2 Å². The lowest BCUT2D eigenvalue weighted by molar-refractivity contribution is -0.112. The second-order valence-corrected chi connectivity index (χ2v) is 6.83. The summed E-state index contributed by atoms with van der Waals surface area (Å²) in [5.41, 5.74) is 4.55. The molecule has 1 amide bonds. The highest BCUT2D eigenvalue weighted by atomic mass is 35.5. The number of halogens is 1. The number of anilines is 2. The van der Waals surface area contributed by atoms with E-state index in [9.17, 15) is 10.1 Å². The van der Waals surface area contributed by atoms with Crippen molar-refractivity contribution in [2.24, 2.45) is 0 Å². The standard InChI is InChI=1S/C21H22ClN3O/c1-13(2)18-7-5-6-15(4)20(18)24-12-16(11-23)21(26)25-17-9-8-14(3)19(22)10-17/h5-10,12-13,24H,1-4H3,(H,25,26)/b16-12-. The van der Waals surface area contributed by atoms with Crippen LogP contribution in [0, 0.1) is 25.2 Å². The van der Waals surface area contributed by atoms with Gasteiger partial charge in [-0.3, -0.25) is 4.79 Å². The van der Waals surface area contributed by atoms with E-state index in [4.69, 9.17) is 11.6 Å². The molecule has 2 aromatic rings. The number of nitriles is 1. The Kier molecular flexibility index (Phi) is 6.43. The van der Waals surface area contributed by atoms with Gasteiger partial charge in [0, 0.05) is 22.6 Å². The Morgan fingerprint density at radius 3 is 2.54 bits per heavy atom. The molecular formula is C21H22ClN3O.